The van der Waals surface area contributed by atoms with Crippen LogP contribution in [0.3, 0.4) is 0 Å². The largest absolute Gasteiger partial charge is 0.355 e. The zero-order valence-electron chi connectivity index (χ0n) is 8.41. The van der Waals surface area contributed by atoms with Crippen LogP contribution in [0.5, 0.6) is 0 Å². The first-order valence-corrected chi connectivity index (χ1v) is 4.49. The van der Waals surface area contributed by atoms with Gasteiger partial charge in [-0.3, -0.25) is 9.59 Å². The Hall–Kier alpha value is -1.88. The topological polar surface area (TPSA) is 84.2 Å². The average molecular weight is 207 g/mol. The van der Waals surface area contributed by atoms with Crippen molar-refractivity contribution >= 4 is 17.5 Å². The molecule has 0 saturated carbocycles. The second kappa shape index (κ2) is 5.11. The van der Waals surface area contributed by atoms with Crippen molar-refractivity contribution in [2.45, 2.75) is 0 Å². The fourth-order valence-corrected chi connectivity index (χ4v) is 1.06. The maximum atomic E-state index is 11.2. The molecular formula is C10H13N3O2. The first-order valence-electron chi connectivity index (χ1n) is 4.49. The van der Waals surface area contributed by atoms with Crippen LogP contribution in [-0.4, -0.2) is 25.4 Å². The molecule has 0 aliphatic rings. The Labute approximate surface area is 87.7 Å². The summed E-state index contributed by atoms with van der Waals surface area (Å²) in [5, 5.41) is 5.09. The lowest BCUT2D eigenvalue weighted by Gasteiger charge is -2.04. The minimum atomic E-state index is -0.261. The first-order chi connectivity index (χ1) is 7.17. The average Bonchev–Trinajstić information content (AvgIpc) is 2.29. The van der Waals surface area contributed by atoms with E-state index in [1.165, 1.54) is 0 Å². The van der Waals surface area contributed by atoms with Gasteiger partial charge in [-0.05, 0) is 24.3 Å². The molecule has 0 bridgehead atoms. The number of nitrogens with one attached hydrogen (secondary N) is 2. The molecule has 5 nitrogen and oxygen atoms in total. The predicted octanol–water partition coefficient (Wildman–Crippen LogP) is -0.0566. The maximum Gasteiger partial charge on any atom is 0.251 e. The molecule has 0 spiro atoms. The van der Waals surface area contributed by atoms with Crippen LogP contribution in [0.4, 0.5) is 5.69 Å². The van der Waals surface area contributed by atoms with E-state index in [0.717, 1.165) is 0 Å². The SMILES string of the molecule is CNC(=O)c1ccc(NC(=O)CN)cc1. The lowest BCUT2D eigenvalue weighted by Crippen LogP contribution is -2.22. The third-order valence-electron chi connectivity index (χ3n) is 1.84. The van der Waals surface area contributed by atoms with Crippen molar-refractivity contribution < 1.29 is 9.59 Å². The summed E-state index contributed by atoms with van der Waals surface area (Å²) in [6.45, 7) is -0.0583. The molecule has 0 atom stereocenters. The molecule has 0 aromatic heterocycles. The fourth-order valence-electron chi connectivity index (χ4n) is 1.06. The van der Waals surface area contributed by atoms with E-state index in [-0.39, 0.29) is 18.4 Å². The summed E-state index contributed by atoms with van der Waals surface area (Å²) in [5.74, 6) is -0.422. The molecule has 1 rings (SSSR count). The van der Waals surface area contributed by atoms with Gasteiger partial charge in [-0.25, -0.2) is 0 Å². The van der Waals surface area contributed by atoms with E-state index in [1.54, 1.807) is 31.3 Å². The molecule has 2 amide bonds. The molecule has 80 valence electrons. The summed E-state index contributed by atoms with van der Waals surface area (Å²) in [7, 11) is 1.56. The standard InChI is InChI=1S/C10H13N3O2/c1-12-10(15)7-2-4-8(5-3-7)13-9(14)6-11/h2-5H,6,11H2,1H3,(H,12,15)(H,13,14). The van der Waals surface area contributed by atoms with Crippen LogP contribution in [-0.2, 0) is 4.79 Å². The molecule has 0 unspecified atom stereocenters. The van der Waals surface area contributed by atoms with E-state index in [2.05, 4.69) is 10.6 Å². The molecule has 5 heteroatoms. The number of hydrogen-bond donors (Lipinski definition) is 3. The minimum Gasteiger partial charge on any atom is -0.355 e. The molecule has 1 aromatic carbocycles. The van der Waals surface area contributed by atoms with E-state index in [0.29, 0.717) is 11.3 Å². The predicted molar refractivity (Wildman–Crippen MR) is 57.5 cm³/mol. The summed E-state index contributed by atoms with van der Waals surface area (Å²) in [6, 6.07) is 6.56. The Bertz CT molecular complexity index is 359. The zero-order chi connectivity index (χ0) is 11.3. The monoisotopic (exact) mass is 207 g/mol. The lowest BCUT2D eigenvalue weighted by molar-refractivity contribution is -0.114. The highest BCUT2D eigenvalue weighted by Gasteiger charge is 2.03. The molecule has 4 N–H and O–H groups in total. The van der Waals surface area contributed by atoms with Gasteiger partial charge in [0.25, 0.3) is 5.91 Å². The zero-order valence-corrected chi connectivity index (χ0v) is 8.41. The number of carbonyl (C=O) groups is 2. The molecular weight excluding hydrogens is 194 g/mol. The summed E-state index contributed by atoms with van der Waals surface area (Å²) in [4.78, 5) is 22.1. The molecule has 1 aromatic rings. The van der Waals surface area contributed by atoms with Gasteiger partial charge in [0.2, 0.25) is 5.91 Å². The number of benzene rings is 1. The van der Waals surface area contributed by atoms with E-state index < -0.39 is 0 Å². The Morgan fingerprint density at radius 1 is 1.27 bits per heavy atom. The Morgan fingerprint density at radius 3 is 2.33 bits per heavy atom. The Balaban J connectivity index is 2.72. The van der Waals surface area contributed by atoms with E-state index in [1.807, 2.05) is 0 Å². The Morgan fingerprint density at radius 2 is 1.87 bits per heavy atom. The van der Waals surface area contributed by atoms with Crippen LogP contribution in [0.2, 0.25) is 0 Å². The van der Waals surface area contributed by atoms with Gasteiger partial charge >= 0.3 is 0 Å². The number of rotatable bonds is 3. The minimum absolute atomic E-state index is 0.0583. The number of nitrogens with two attached hydrogens (primary N) is 1. The summed E-state index contributed by atoms with van der Waals surface area (Å²) < 4.78 is 0. The molecule has 0 fully saturated rings. The normalized spacial score (nSPS) is 9.47. The number of anilines is 1. The fraction of sp³-hybridized carbons (Fsp3) is 0.200. The first kappa shape index (κ1) is 11.2. The van der Waals surface area contributed by atoms with Gasteiger partial charge in [-0.1, -0.05) is 0 Å². The van der Waals surface area contributed by atoms with Gasteiger partial charge in [0.1, 0.15) is 0 Å². The van der Waals surface area contributed by atoms with Crippen molar-refractivity contribution in [3.05, 3.63) is 29.8 Å². The van der Waals surface area contributed by atoms with Crippen LogP contribution in [0.1, 0.15) is 10.4 Å². The molecule has 0 radical (unpaired) electrons. The summed E-state index contributed by atoms with van der Waals surface area (Å²) in [6.07, 6.45) is 0. The van der Waals surface area contributed by atoms with Gasteiger partial charge in [0.15, 0.2) is 0 Å². The van der Waals surface area contributed by atoms with E-state index in [9.17, 15) is 9.59 Å². The number of amides is 2. The highest BCUT2D eigenvalue weighted by molar-refractivity contribution is 5.95. The van der Waals surface area contributed by atoms with Gasteiger partial charge < -0.3 is 16.4 Å². The van der Waals surface area contributed by atoms with Crippen LogP contribution >= 0.6 is 0 Å². The van der Waals surface area contributed by atoms with E-state index in [4.69, 9.17) is 5.73 Å². The van der Waals surface area contributed by atoms with Crippen LogP contribution in [0, 0.1) is 0 Å². The van der Waals surface area contributed by atoms with Crippen molar-refractivity contribution in [2.24, 2.45) is 5.73 Å². The molecule has 0 aliphatic carbocycles. The second-order valence-corrected chi connectivity index (χ2v) is 2.91. The lowest BCUT2D eigenvalue weighted by atomic mass is 10.2. The molecule has 15 heavy (non-hydrogen) atoms. The highest BCUT2D eigenvalue weighted by Crippen LogP contribution is 2.08. The smallest absolute Gasteiger partial charge is 0.251 e. The second-order valence-electron chi connectivity index (χ2n) is 2.91. The molecule has 0 aliphatic heterocycles. The third-order valence-corrected chi connectivity index (χ3v) is 1.84. The van der Waals surface area contributed by atoms with E-state index >= 15 is 0 Å². The number of hydrogen-bond acceptors (Lipinski definition) is 3. The maximum absolute atomic E-state index is 11.2. The summed E-state index contributed by atoms with van der Waals surface area (Å²) >= 11 is 0. The Kier molecular flexibility index (Phi) is 3.82. The van der Waals surface area contributed by atoms with Crippen molar-refractivity contribution in [3.63, 3.8) is 0 Å². The van der Waals surface area contributed by atoms with Crippen molar-refractivity contribution in [1.29, 1.82) is 0 Å². The van der Waals surface area contributed by atoms with Gasteiger partial charge in [0.05, 0.1) is 6.54 Å². The van der Waals surface area contributed by atoms with Crippen LogP contribution in [0.15, 0.2) is 24.3 Å². The molecule has 0 heterocycles. The van der Waals surface area contributed by atoms with Crippen LogP contribution < -0.4 is 16.4 Å². The van der Waals surface area contributed by atoms with Crippen molar-refractivity contribution in [2.75, 3.05) is 18.9 Å². The van der Waals surface area contributed by atoms with Crippen LogP contribution in [0.25, 0.3) is 0 Å². The number of carbonyl (C=O) groups excluding carboxylic acids is 2. The summed E-state index contributed by atoms with van der Waals surface area (Å²) in [5.41, 5.74) is 6.31. The van der Waals surface area contributed by atoms with Crippen molar-refractivity contribution in [3.8, 4) is 0 Å². The molecule has 0 saturated heterocycles. The quantitative estimate of drug-likeness (QED) is 0.649. The highest BCUT2D eigenvalue weighted by atomic mass is 16.2. The van der Waals surface area contributed by atoms with Gasteiger partial charge in [-0.15, -0.1) is 0 Å². The van der Waals surface area contributed by atoms with Crippen molar-refractivity contribution in [1.82, 2.24) is 5.32 Å². The van der Waals surface area contributed by atoms with Gasteiger partial charge in [0, 0.05) is 18.3 Å². The van der Waals surface area contributed by atoms with Gasteiger partial charge in [-0.2, -0.15) is 0 Å². The third kappa shape index (κ3) is 3.07.